The van der Waals surface area contributed by atoms with Crippen LogP contribution < -0.4 is 5.73 Å². The maximum atomic E-state index is 12.3. The molecule has 0 spiro atoms. The van der Waals surface area contributed by atoms with Crippen molar-refractivity contribution in [1.82, 2.24) is 4.57 Å². The SMILES string of the molecule is Cc1c(C(N)=O)c(-c2ccc(C(C)(C)C)cc2)c(C)n1Cc1cccc(Cl)c1. The van der Waals surface area contributed by atoms with E-state index in [1.54, 1.807) is 0 Å². The van der Waals surface area contributed by atoms with E-state index in [0.717, 1.165) is 28.1 Å². The van der Waals surface area contributed by atoms with Gasteiger partial charge in [-0.2, -0.15) is 0 Å². The van der Waals surface area contributed by atoms with Gasteiger partial charge in [0.05, 0.1) is 5.56 Å². The molecule has 1 aromatic heterocycles. The number of amides is 1. The number of nitrogens with two attached hydrogens (primary N) is 1. The van der Waals surface area contributed by atoms with E-state index in [0.29, 0.717) is 17.1 Å². The number of nitrogens with zero attached hydrogens (tertiary/aromatic N) is 1. The summed E-state index contributed by atoms with van der Waals surface area (Å²) in [5.41, 5.74) is 12.6. The lowest BCUT2D eigenvalue weighted by Crippen LogP contribution is -2.14. The Morgan fingerprint density at radius 2 is 1.68 bits per heavy atom. The van der Waals surface area contributed by atoms with Crippen LogP contribution in [0.1, 0.15) is 53.6 Å². The first-order chi connectivity index (χ1) is 13.1. The van der Waals surface area contributed by atoms with Gasteiger partial charge in [-0.3, -0.25) is 4.79 Å². The third kappa shape index (κ3) is 3.85. The van der Waals surface area contributed by atoms with Gasteiger partial charge in [-0.1, -0.05) is 68.8 Å². The van der Waals surface area contributed by atoms with E-state index in [-0.39, 0.29) is 5.41 Å². The number of rotatable bonds is 4. The molecular formula is C24H27ClN2O. The highest BCUT2D eigenvalue weighted by Gasteiger charge is 2.23. The summed E-state index contributed by atoms with van der Waals surface area (Å²) < 4.78 is 2.14. The fourth-order valence-electron chi connectivity index (χ4n) is 3.73. The predicted octanol–water partition coefficient (Wildman–Crippen LogP) is 5.87. The van der Waals surface area contributed by atoms with Crippen molar-refractivity contribution in [3.8, 4) is 11.1 Å². The average Bonchev–Trinajstić information content (AvgIpc) is 2.86. The van der Waals surface area contributed by atoms with Crippen molar-refractivity contribution in [2.45, 2.75) is 46.6 Å². The van der Waals surface area contributed by atoms with E-state index in [1.807, 2.05) is 38.1 Å². The van der Waals surface area contributed by atoms with Crippen molar-refractivity contribution in [2.24, 2.45) is 5.73 Å². The smallest absolute Gasteiger partial charge is 0.251 e. The molecule has 0 saturated carbocycles. The summed E-state index contributed by atoms with van der Waals surface area (Å²) in [6, 6.07) is 16.2. The Labute approximate surface area is 172 Å². The van der Waals surface area contributed by atoms with Crippen molar-refractivity contribution in [3.05, 3.63) is 81.6 Å². The van der Waals surface area contributed by atoms with Crippen molar-refractivity contribution in [3.63, 3.8) is 0 Å². The summed E-state index contributed by atoms with van der Waals surface area (Å²) in [5, 5.41) is 0.702. The molecule has 3 aromatic rings. The normalized spacial score (nSPS) is 11.6. The zero-order chi connectivity index (χ0) is 20.6. The Hall–Kier alpha value is -2.52. The molecule has 0 bridgehead atoms. The predicted molar refractivity (Wildman–Crippen MR) is 117 cm³/mol. The van der Waals surface area contributed by atoms with Gasteiger partial charge in [-0.05, 0) is 48.1 Å². The molecule has 0 atom stereocenters. The van der Waals surface area contributed by atoms with Crippen LogP contribution in [-0.2, 0) is 12.0 Å². The van der Waals surface area contributed by atoms with Gasteiger partial charge in [-0.15, -0.1) is 0 Å². The first-order valence-electron chi connectivity index (χ1n) is 9.44. The summed E-state index contributed by atoms with van der Waals surface area (Å²) in [4.78, 5) is 12.3. The van der Waals surface area contributed by atoms with Crippen LogP contribution in [0.4, 0.5) is 0 Å². The van der Waals surface area contributed by atoms with Gasteiger partial charge >= 0.3 is 0 Å². The van der Waals surface area contributed by atoms with Gasteiger partial charge in [-0.25, -0.2) is 0 Å². The van der Waals surface area contributed by atoms with Crippen molar-refractivity contribution in [1.29, 1.82) is 0 Å². The van der Waals surface area contributed by atoms with E-state index in [2.05, 4.69) is 49.6 Å². The number of benzene rings is 2. The van der Waals surface area contributed by atoms with Crippen LogP contribution in [0.5, 0.6) is 0 Å². The first kappa shape index (κ1) is 20.2. The third-order valence-corrected chi connectivity index (χ3v) is 5.53. The summed E-state index contributed by atoms with van der Waals surface area (Å²) in [7, 11) is 0. The number of halogens is 1. The minimum Gasteiger partial charge on any atom is -0.366 e. The minimum atomic E-state index is -0.402. The first-order valence-corrected chi connectivity index (χ1v) is 9.82. The quantitative estimate of drug-likeness (QED) is 0.591. The maximum Gasteiger partial charge on any atom is 0.251 e. The standard InChI is InChI=1S/C24H27ClN2O/c1-15-21(18-9-11-19(12-10-18)24(3,4)5)22(23(26)28)16(2)27(15)14-17-7-6-8-20(25)13-17/h6-13H,14H2,1-5H3,(H2,26,28). The van der Waals surface area contributed by atoms with E-state index in [1.165, 1.54) is 5.56 Å². The van der Waals surface area contributed by atoms with Crippen LogP contribution in [0.25, 0.3) is 11.1 Å². The zero-order valence-electron chi connectivity index (χ0n) is 17.1. The van der Waals surface area contributed by atoms with E-state index >= 15 is 0 Å². The van der Waals surface area contributed by atoms with Crippen LogP contribution in [0.2, 0.25) is 5.02 Å². The molecule has 0 aliphatic heterocycles. The number of primary amides is 1. The molecular weight excluding hydrogens is 368 g/mol. The van der Waals surface area contributed by atoms with Gasteiger partial charge < -0.3 is 10.3 Å². The van der Waals surface area contributed by atoms with E-state index < -0.39 is 5.91 Å². The summed E-state index contributed by atoms with van der Waals surface area (Å²) in [5.74, 6) is -0.402. The molecule has 0 fully saturated rings. The van der Waals surface area contributed by atoms with Gasteiger partial charge in [0, 0.05) is 28.5 Å². The number of hydrogen-bond donors (Lipinski definition) is 1. The molecule has 0 radical (unpaired) electrons. The molecule has 28 heavy (non-hydrogen) atoms. The van der Waals surface area contributed by atoms with Crippen LogP contribution >= 0.6 is 11.6 Å². The zero-order valence-corrected chi connectivity index (χ0v) is 17.9. The monoisotopic (exact) mass is 394 g/mol. The van der Waals surface area contributed by atoms with Crippen molar-refractivity contribution < 1.29 is 4.79 Å². The fourth-order valence-corrected chi connectivity index (χ4v) is 3.94. The molecule has 2 N–H and O–H groups in total. The third-order valence-electron chi connectivity index (χ3n) is 5.30. The summed E-state index contributed by atoms with van der Waals surface area (Å²) in [6.45, 7) is 11.2. The highest BCUT2D eigenvalue weighted by molar-refractivity contribution is 6.30. The number of hydrogen-bond acceptors (Lipinski definition) is 1. The molecule has 4 heteroatoms. The Balaban J connectivity index is 2.12. The molecule has 0 saturated heterocycles. The van der Waals surface area contributed by atoms with Gasteiger partial charge in [0.1, 0.15) is 0 Å². The van der Waals surface area contributed by atoms with Crippen LogP contribution in [0, 0.1) is 13.8 Å². The van der Waals surface area contributed by atoms with Gasteiger partial charge in [0.2, 0.25) is 0 Å². The number of aromatic nitrogens is 1. The van der Waals surface area contributed by atoms with Crippen LogP contribution in [-0.4, -0.2) is 10.5 Å². The van der Waals surface area contributed by atoms with Crippen LogP contribution in [0.15, 0.2) is 48.5 Å². The molecule has 2 aromatic carbocycles. The molecule has 0 aliphatic carbocycles. The lowest BCUT2D eigenvalue weighted by Gasteiger charge is -2.19. The lowest BCUT2D eigenvalue weighted by atomic mass is 9.86. The molecule has 0 unspecified atom stereocenters. The second-order valence-electron chi connectivity index (χ2n) is 8.33. The van der Waals surface area contributed by atoms with Crippen molar-refractivity contribution in [2.75, 3.05) is 0 Å². The Morgan fingerprint density at radius 3 is 2.21 bits per heavy atom. The molecule has 3 nitrogen and oxygen atoms in total. The molecule has 3 rings (SSSR count). The minimum absolute atomic E-state index is 0.0779. The Bertz CT molecular complexity index is 1020. The van der Waals surface area contributed by atoms with Gasteiger partial charge in [0.25, 0.3) is 5.91 Å². The Kier molecular flexibility index (Phi) is 5.40. The average molecular weight is 395 g/mol. The Morgan fingerprint density at radius 1 is 1.04 bits per heavy atom. The maximum absolute atomic E-state index is 12.3. The highest BCUT2D eigenvalue weighted by Crippen LogP contribution is 2.34. The van der Waals surface area contributed by atoms with E-state index in [4.69, 9.17) is 17.3 Å². The van der Waals surface area contributed by atoms with Crippen LogP contribution in [0.3, 0.4) is 0 Å². The number of carbonyl (C=O) groups is 1. The second kappa shape index (κ2) is 7.48. The second-order valence-corrected chi connectivity index (χ2v) is 8.76. The topological polar surface area (TPSA) is 48.0 Å². The van der Waals surface area contributed by atoms with E-state index in [9.17, 15) is 4.79 Å². The fraction of sp³-hybridized carbons (Fsp3) is 0.292. The summed E-state index contributed by atoms with van der Waals surface area (Å²) in [6.07, 6.45) is 0. The van der Waals surface area contributed by atoms with Gasteiger partial charge in [0.15, 0.2) is 0 Å². The summed E-state index contributed by atoms with van der Waals surface area (Å²) >= 11 is 6.14. The molecule has 0 aliphatic rings. The molecule has 146 valence electrons. The lowest BCUT2D eigenvalue weighted by molar-refractivity contribution is 0.1000. The van der Waals surface area contributed by atoms with Crippen molar-refractivity contribution >= 4 is 17.5 Å². The number of carbonyl (C=O) groups excluding carboxylic acids is 1. The molecule has 1 amide bonds. The highest BCUT2D eigenvalue weighted by atomic mass is 35.5. The molecule has 1 heterocycles. The largest absolute Gasteiger partial charge is 0.366 e.